The summed E-state index contributed by atoms with van der Waals surface area (Å²) in [5, 5.41) is 4.23. The van der Waals surface area contributed by atoms with Gasteiger partial charge >= 0.3 is 0 Å². The smallest absolute Gasteiger partial charge is 0.259 e. The van der Waals surface area contributed by atoms with E-state index in [1.165, 1.54) is 0 Å². The lowest BCUT2D eigenvalue weighted by atomic mass is 10.1. The molecule has 1 saturated heterocycles. The third-order valence-corrected chi connectivity index (χ3v) is 7.79. The molecule has 1 aromatic heterocycles. The van der Waals surface area contributed by atoms with E-state index in [-0.39, 0.29) is 17.7 Å². The largest absolute Gasteiger partial charge is 0.339 e. The fourth-order valence-electron chi connectivity index (χ4n) is 4.74. The monoisotopic (exact) mass is 496 g/mol. The van der Waals surface area contributed by atoms with Gasteiger partial charge in [0.25, 0.3) is 5.91 Å². The van der Waals surface area contributed by atoms with Gasteiger partial charge in [0.05, 0.1) is 17.2 Å². The van der Waals surface area contributed by atoms with E-state index in [1.807, 2.05) is 80.6 Å². The van der Waals surface area contributed by atoms with Gasteiger partial charge in [0.15, 0.2) is 0 Å². The minimum atomic E-state index is -0.157. The third-order valence-electron chi connectivity index (χ3n) is 6.67. The second kappa shape index (κ2) is 8.95. The van der Waals surface area contributed by atoms with Crippen molar-refractivity contribution in [1.82, 2.24) is 10.1 Å². The number of anilines is 2. The van der Waals surface area contributed by atoms with E-state index in [0.717, 1.165) is 32.3 Å². The maximum atomic E-state index is 13.1. The Morgan fingerprint density at radius 3 is 2.64 bits per heavy atom. The van der Waals surface area contributed by atoms with Crippen LogP contribution in [0.15, 0.2) is 81.0 Å². The Hall–Kier alpha value is -3.91. The fraction of sp³-hybridized carbons (Fsp3) is 0.214. The maximum Gasteiger partial charge on any atom is 0.259 e. The van der Waals surface area contributed by atoms with Gasteiger partial charge in [-0.25, -0.2) is 0 Å². The molecular formula is C28H24N4O3S. The minimum Gasteiger partial charge on any atom is -0.339 e. The highest BCUT2D eigenvalue weighted by Gasteiger charge is 2.35. The summed E-state index contributed by atoms with van der Waals surface area (Å²) < 4.78 is 5.63. The Morgan fingerprint density at radius 1 is 1.03 bits per heavy atom. The van der Waals surface area contributed by atoms with Crippen LogP contribution in [0.3, 0.4) is 0 Å². The molecule has 3 heterocycles. The Balaban J connectivity index is 1.28. The SMILES string of the molecule is CCN1C(=O)c2ccccc2Sc2cc(-c3noc([C@@H]4CC(=O)N(c5ccc(C)cc5)C4)n3)ccc21. The van der Waals surface area contributed by atoms with Crippen LogP contribution < -0.4 is 9.80 Å². The van der Waals surface area contributed by atoms with E-state index in [4.69, 9.17) is 4.52 Å². The summed E-state index contributed by atoms with van der Waals surface area (Å²) in [6.45, 7) is 5.08. The van der Waals surface area contributed by atoms with Gasteiger partial charge in [-0.2, -0.15) is 4.98 Å². The average molecular weight is 497 g/mol. The zero-order valence-electron chi connectivity index (χ0n) is 20.0. The molecule has 0 aliphatic carbocycles. The molecule has 0 saturated carbocycles. The van der Waals surface area contributed by atoms with Crippen molar-refractivity contribution in [3.63, 3.8) is 0 Å². The van der Waals surface area contributed by atoms with Crippen LogP contribution in [0, 0.1) is 6.92 Å². The van der Waals surface area contributed by atoms with Crippen LogP contribution in [-0.2, 0) is 4.79 Å². The van der Waals surface area contributed by atoms with Crippen LogP contribution in [0.4, 0.5) is 11.4 Å². The highest BCUT2D eigenvalue weighted by atomic mass is 32.2. The Morgan fingerprint density at radius 2 is 1.83 bits per heavy atom. The highest BCUT2D eigenvalue weighted by Crippen LogP contribution is 2.43. The summed E-state index contributed by atoms with van der Waals surface area (Å²) in [5.74, 6) is 0.828. The number of nitrogens with zero attached hydrogens (tertiary/aromatic N) is 4. The summed E-state index contributed by atoms with van der Waals surface area (Å²) in [6, 6.07) is 21.5. The second-order valence-corrected chi connectivity index (χ2v) is 10.1. The lowest BCUT2D eigenvalue weighted by Gasteiger charge is -2.21. The van der Waals surface area contributed by atoms with E-state index in [2.05, 4.69) is 10.1 Å². The van der Waals surface area contributed by atoms with E-state index in [0.29, 0.717) is 36.8 Å². The number of amides is 2. The zero-order valence-corrected chi connectivity index (χ0v) is 20.8. The molecule has 2 aliphatic heterocycles. The third kappa shape index (κ3) is 3.87. The first kappa shape index (κ1) is 22.5. The topological polar surface area (TPSA) is 79.5 Å². The van der Waals surface area contributed by atoms with Gasteiger partial charge < -0.3 is 14.3 Å². The van der Waals surface area contributed by atoms with E-state index in [9.17, 15) is 9.59 Å². The van der Waals surface area contributed by atoms with Crippen molar-refractivity contribution in [2.45, 2.75) is 36.0 Å². The van der Waals surface area contributed by atoms with Crippen molar-refractivity contribution in [3.8, 4) is 11.4 Å². The van der Waals surface area contributed by atoms with E-state index in [1.54, 1.807) is 21.6 Å². The molecule has 3 aromatic carbocycles. The van der Waals surface area contributed by atoms with Gasteiger partial charge in [-0.1, -0.05) is 46.7 Å². The molecule has 1 fully saturated rings. The molecule has 0 radical (unpaired) electrons. The molecule has 180 valence electrons. The van der Waals surface area contributed by atoms with Gasteiger partial charge in [0.1, 0.15) is 0 Å². The quantitative estimate of drug-likeness (QED) is 0.361. The zero-order chi connectivity index (χ0) is 24.8. The highest BCUT2D eigenvalue weighted by molar-refractivity contribution is 7.99. The first-order valence-corrected chi connectivity index (χ1v) is 12.8. The second-order valence-electron chi connectivity index (χ2n) is 9.03. The predicted molar refractivity (Wildman–Crippen MR) is 139 cm³/mol. The molecule has 2 aliphatic rings. The van der Waals surface area contributed by atoms with Crippen LogP contribution in [0.2, 0.25) is 0 Å². The molecule has 6 rings (SSSR count). The molecule has 0 spiro atoms. The number of aryl methyl sites for hydroxylation is 1. The lowest BCUT2D eigenvalue weighted by Crippen LogP contribution is -2.30. The first-order chi connectivity index (χ1) is 17.5. The number of hydrogen-bond acceptors (Lipinski definition) is 6. The van der Waals surface area contributed by atoms with Crippen molar-refractivity contribution >= 4 is 35.0 Å². The van der Waals surface area contributed by atoms with Crippen molar-refractivity contribution in [2.24, 2.45) is 0 Å². The van der Waals surface area contributed by atoms with Crippen LogP contribution in [0.25, 0.3) is 11.4 Å². The van der Waals surface area contributed by atoms with Gasteiger partial charge in [-0.3, -0.25) is 9.59 Å². The predicted octanol–water partition coefficient (Wildman–Crippen LogP) is 5.70. The molecule has 1 atom stereocenters. The lowest BCUT2D eigenvalue weighted by molar-refractivity contribution is -0.117. The van der Waals surface area contributed by atoms with E-state index >= 15 is 0 Å². The standard InChI is InChI=1S/C28H24N4O3S/c1-3-31-22-13-10-18(14-24(22)36-23-7-5-4-6-21(23)28(31)34)26-29-27(35-30-26)19-15-25(33)32(16-19)20-11-8-17(2)9-12-20/h4-14,19H,3,15-16H2,1-2H3/t19-/m1/s1. The van der Waals surface area contributed by atoms with Gasteiger partial charge in [0.2, 0.25) is 17.6 Å². The number of aromatic nitrogens is 2. The molecule has 0 N–H and O–H groups in total. The van der Waals surface area contributed by atoms with Gasteiger partial charge in [-0.15, -0.1) is 0 Å². The van der Waals surface area contributed by atoms with Crippen molar-refractivity contribution < 1.29 is 14.1 Å². The van der Waals surface area contributed by atoms with Crippen molar-refractivity contribution in [3.05, 3.63) is 83.7 Å². The molecule has 0 unspecified atom stereocenters. The summed E-state index contributed by atoms with van der Waals surface area (Å²) in [7, 11) is 0. The van der Waals surface area contributed by atoms with Crippen LogP contribution in [0.1, 0.15) is 41.1 Å². The summed E-state index contributed by atoms with van der Waals surface area (Å²) in [6.07, 6.45) is 0.333. The molecule has 0 bridgehead atoms. The Kier molecular flexibility index (Phi) is 5.60. The van der Waals surface area contributed by atoms with Crippen LogP contribution >= 0.6 is 11.8 Å². The minimum absolute atomic E-state index is 0.00187. The van der Waals surface area contributed by atoms with Gasteiger partial charge in [0, 0.05) is 40.6 Å². The molecule has 2 amide bonds. The Bertz CT molecular complexity index is 1480. The summed E-state index contributed by atoms with van der Waals surface area (Å²) in [4.78, 5) is 36.0. The van der Waals surface area contributed by atoms with Crippen LogP contribution in [-0.4, -0.2) is 35.0 Å². The number of rotatable bonds is 4. The number of hydrogen-bond donors (Lipinski definition) is 0. The van der Waals surface area contributed by atoms with Crippen molar-refractivity contribution in [2.75, 3.05) is 22.9 Å². The first-order valence-electron chi connectivity index (χ1n) is 12.0. The molecule has 7 nitrogen and oxygen atoms in total. The van der Waals surface area contributed by atoms with Crippen molar-refractivity contribution in [1.29, 1.82) is 0 Å². The number of fused-ring (bicyclic) bond motifs is 2. The number of carbonyl (C=O) groups is 2. The molecular weight excluding hydrogens is 472 g/mol. The fourth-order valence-corrected chi connectivity index (χ4v) is 5.86. The molecule has 4 aromatic rings. The summed E-state index contributed by atoms with van der Waals surface area (Å²) in [5.41, 5.74) is 4.40. The number of benzene rings is 3. The Labute approximate surface area is 213 Å². The molecule has 36 heavy (non-hydrogen) atoms. The van der Waals surface area contributed by atoms with Crippen LogP contribution in [0.5, 0.6) is 0 Å². The molecule has 8 heteroatoms. The van der Waals surface area contributed by atoms with Gasteiger partial charge in [-0.05, 0) is 56.3 Å². The normalized spacial score (nSPS) is 17.2. The maximum absolute atomic E-state index is 13.1. The average Bonchev–Trinajstić information content (AvgIpc) is 3.50. The van der Waals surface area contributed by atoms with E-state index < -0.39 is 0 Å². The number of carbonyl (C=O) groups excluding carboxylic acids is 2. The summed E-state index contributed by atoms with van der Waals surface area (Å²) >= 11 is 1.57.